The van der Waals surface area contributed by atoms with E-state index in [4.69, 9.17) is 10.5 Å². The lowest BCUT2D eigenvalue weighted by Crippen LogP contribution is -2.09. The molecule has 0 bridgehead atoms. The maximum absolute atomic E-state index is 6.08. The normalized spacial score (nSPS) is 12.8. The number of nitrogens with two attached hydrogens (primary N) is 1. The fourth-order valence-corrected chi connectivity index (χ4v) is 2.45. The number of rotatable bonds is 6. The van der Waals surface area contributed by atoms with Crippen LogP contribution in [-0.2, 0) is 0 Å². The zero-order valence-corrected chi connectivity index (χ0v) is 12.7. The highest BCUT2D eigenvalue weighted by Crippen LogP contribution is 2.33. The molecule has 0 spiro atoms. The van der Waals surface area contributed by atoms with E-state index in [1.54, 1.807) is 0 Å². The summed E-state index contributed by atoms with van der Waals surface area (Å²) in [4.78, 5) is 0. The van der Waals surface area contributed by atoms with Crippen LogP contribution in [0.2, 0.25) is 0 Å². The summed E-state index contributed by atoms with van der Waals surface area (Å²) in [5, 5.41) is 2.36. The van der Waals surface area contributed by atoms with Crippen LogP contribution < -0.4 is 10.5 Å². The third-order valence-corrected chi connectivity index (χ3v) is 3.57. The SMILES string of the molecule is CC(C)CCCOc1c([C@H](C)N)ccc2ccccc12. The molecule has 2 rings (SSSR count). The lowest BCUT2D eigenvalue weighted by molar-refractivity contribution is 0.297. The average molecular weight is 271 g/mol. The van der Waals surface area contributed by atoms with Gasteiger partial charge in [-0.1, -0.05) is 50.2 Å². The number of ether oxygens (including phenoxy) is 1. The Balaban J connectivity index is 2.25. The molecule has 0 aliphatic carbocycles. The van der Waals surface area contributed by atoms with Crippen LogP contribution in [0.4, 0.5) is 0 Å². The van der Waals surface area contributed by atoms with Gasteiger partial charge in [0.2, 0.25) is 0 Å². The Labute approximate surface area is 121 Å². The lowest BCUT2D eigenvalue weighted by atomic mass is 10.0. The Kier molecular flexibility index (Phi) is 5.02. The molecule has 0 radical (unpaired) electrons. The number of hydrogen-bond donors (Lipinski definition) is 1. The Morgan fingerprint density at radius 2 is 1.80 bits per heavy atom. The van der Waals surface area contributed by atoms with Crippen molar-refractivity contribution >= 4 is 10.8 Å². The van der Waals surface area contributed by atoms with Gasteiger partial charge in [-0.2, -0.15) is 0 Å². The summed E-state index contributed by atoms with van der Waals surface area (Å²) in [6, 6.07) is 12.5. The molecule has 20 heavy (non-hydrogen) atoms. The molecule has 2 heteroatoms. The first-order valence-corrected chi connectivity index (χ1v) is 7.49. The van der Waals surface area contributed by atoms with Crippen molar-refractivity contribution < 1.29 is 4.74 Å². The van der Waals surface area contributed by atoms with Crippen molar-refractivity contribution in [2.75, 3.05) is 6.61 Å². The van der Waals surface area contributed by atoms with E-state index in [9.17, 15) is 0 Å². The standard InChI is InChI=1S/C18H25NO/c1-13(2)7-6-12-20-18-16(14(3)19)11-10-15-8-4-5-9-17(15)18/h4-5,8-11,13-14H,6-7,12,19H2,1-3H3/t14-/m0/s1. The average Bonchev–Trinajstić information content (AvgIpc) is 2.42. The van der Waals surface area contributed by atoms with Crippen molar-refractivity contribution in [3.05, 3.63) is 42.0 Å². The highest BCUT2D eigenvalue weighted by atomic mass is 16.5. The van der Waals surface area contributed by atoms with Crippen LogP contribution in [-0.4, -0.2) is 6.61 Å². The van der Waals surface area contributed by atoms with Gasteiger partial charge in [-0.3, -0.25) is 0 Å². The van der Waals surface area contributed by atoms with Crippen molar-refractivity contribution in [2.24, 2.45) is 11.7 Å². The summed E-state index contributed by atoms with van der Waals surface area (Å²) in [7, 11) is 0. The van der Waals surface area contributed by atoms with Gasteiger partial charge in [-0.05, 0) is 31.1 Å². The molecule has 1 atom stereocenters. The second-order valence-corrected chi connectivity index (χ2v) is 5.88. The van der Waals surface area contributed by atoms with E-state index in [0.29, 0.717) is 0 Å². The van der Waals surface area contributed by atoms with Crippen molar-refractivity contribution in [1.82, 2.24) is 0 Å². The Bertz CT molecular complexity index is 560. The predicted octanol–water partition coefficient (Wildman–Crippen LogP) is 4.67. The third kappa shape index (κ3) is 3.51. The third-order valence-electron chi connectivity index (χ3n) is 3.57. The zero-order chi connectivity index (χ0) is 14.5. The van der Waals surface area contributed by atoms with Gasteiger partial charge in [0.1, 0.15) is 5.75 Å². The molecule has 0 heterocycles. The molecule has 0 aliphatic heterocycles. The van der Waals surface area contributed by atoms with Gasteiger partial charge in [0, 0.05) is 17.0 Å². The molecule has 0 amide bonds. The maximum atomic E-state index is 6.08. The van der Waals surface area contributed by atoms with Crippen LogP contribution in [0.5, 0.6) is 5.75 Å². The van der Waals surface area contributed by atoms with Gasteiger partial charge in [-0.15, -0.1) is 0 Å². The van der Waals surface area contributed by atoms with Crippen LogP contribution >= 0.6 is 0 Å². The lowest BCUT2D eigenvalue weighted by Gasteiger charge is -2.17. The predicted molar refractivity (Wildman–Crippen MR) is 86.1 cm³/mol. The Hall–Kier alpha value is -1.54. The fourth-order valence-electron chi connectivity index (χ4n) is 2.45. The summed E-state index contributed by atoms with van der Waals surface area (Å²) in [5.74, 6) is 1.68. The second kappa shape index (κ2) is 6.76. The molecule has 2 aromatic carbocycles. The molecule has 0 fully saturated rings. The van der Waals surface area contributed by atoms with E-state index < -0.39 is 0 Å². The first kappa shape index (κ1) is 14.9. The van der Waals surface area contributed by atoms with Crippen LogP contribution in [0.25, 0.3) is 10.8 Å². The van der Waals surface area contributed by atoms with Crippen molar-refractivity contribution in [3.8, 4) is 5.75 Å². The molecule has 2 N–H and O–H groups in total. The molecule has 0 saturated heterocycles. The summed E-state index contributed by atoms with van der Waals surface area (Å²) in [6.07, 6.45) is 2.28. The molecule has 2 aromatic rings. The molecule has 2 nitrogen and oxygen atoms in total. The first-order chi connectivity index (χ1) is 9.59. The van der Waals surface area contributed by atoms with E-state index >= 15 is 0 Å². The largest absolute Gasteiger partial charge is 0.493 e. The zero-order valence-electron chi connectivity index (χ0n) is 12.7. The van der Waals surface area contributed by atoms with Crippen molar-refractivity contribution in [3.63, 3.8) is 0 Å². The molecule has 0 aromatic heterocycles. The van der Waals surface area contributed by atoms with E-state index in [1.165, 1.54) is 11.8 Å². The van der Waals surface area contributed by atoms with Crippen molar-refractivity contribution in [2.45, 2.75) is 39.7 Å². The van der Waals surface area contributed by atoms with Gasteiger partial charge in [0.15, 0.2) is 0 Å². The quantitative estimate of drug-likeness (QED) is 0.775. The number of fused-ring (bicyclic) bond motifs is 1. The Morgan fingerprint density at radius 3 is 2.50 bits per heavy atom. The minimum absolute atomic E-state index is 0.0142. The second-order valence-electron chi connectivity index (χ2n) is 5.88. The number of benzene rings is 2. The van der Waals surface area contributed by atoms with Gasteiger partial charge in [-0.25, -0.2) is 0 Å². The summed E-state index contributed by atoms with van der Waals surface area (Å²) >= 11 is 0. The molecule has 0 saturated carbocycles. The van der Waals surface area contributed by atoms with E-state index in [0.717, 1.165) is 35.6 Å². The van der Waals surface area contributed by atoms with Crippen LogP contribution in [0.1, 0.15) is 45.2 Å². The summed E-state index contributed by atoms with van der Waals surface area (Å²) < 4.78 is 6.08. The monoisotopic (exact) mass is 271 g/mol. The van der Waals surface area contributed by atoms with Crippen molar-refractivity contribution in [1.29, 1.82) is 0 Å². The molecule has 0 aliphatic rings. The van der Waals surface area contributed by atoms with Gasteiger partial charge in [0.25, 0.3) is 0 Å². The molecular formula is C18H25NO. The number of hydrogen-bond acceptors (Lipinski definition) is 2. The van der Waals surface area contributed by atoms with Crippen LogP contribution in [0, 0.1) is 5.92 Å². The van der Waals surface area contributed by atoms with Gasteiger partial charge in [0.05, 0.1) is 6.61 Å². The smallest absolute Gasteiger partial charge is 0.131 e. The van der Waals surface area contributed by atoms with E-state index in [2.05, 4.69) is 44.2 Å². The maximum Gasteiger partial charge on any atom is 0.131 e. The molecular weight excluding hydrogens is 246 g/mol. The summed E-state index contributed by atoms with van der Waals surface area (Å²) in [5.41, 5.74) is 7.17. The topological polar surface area (TPSA) is 35.2 Å². The van der Waals surface area contributed by atoms with E-state index in [-0.39, 0.29) is 6.04 Å². The Morgan fingerprint density at radius 1 is 1.05 bits per heavy atom. The minimum atomic E-state index is -0.0142. The molecule has 0 unspecified atom stereocenters. The summed E-state index contributed by atoms with van der Waals surface area (Å²) in [6.45, 7) is 7.24. The van der Waals surface area contributed by atoms with Crippen LogP contribution in [0.3, 0.4) is 0 Å². The highest BCUT2D eigenvalue weighted by molar-refractivity contribution is 5.89. The van der Waals surface area contributed by atoms with Crippen LogP contribution in [0.15, 0.2) is 36.4 Å². The fraction of sp³-hybridized carbons (Fsp3) is 0.444. The van der Waals surface area contributed by atoms with Gasteiger partial charge >= 0.3 is 0 Å². The molecule has 108 valence electrons. The van der Waals surface area contributed by atoms with E-state index in [1.807, 2.05) is 13.0 Å². The highest BCUT2D eigenvalue weighted by Gasteiger charge is 2.12. The minimum Gasteiger partial charge on any atom is -0.493 e. The first-order valence-electron chi connectivity index (χ1n) is 7.49. The van der Waals surface area contributed by atoms with Gasteiger partial charge < -0.3 is 10.5 Å².